The van der Waals surface area contributed by atoms with Crippen molar-refractivity contribution in [3.63, 3.8) is 0 Å². The molecule has 1 fully saturated rings. The molecule has 0 amide bonds. The minimum absolute atomic E-state index is 0.0162. The SMILES string of the molecule is CC1SC(=O)CC1=O. The minimum Gasteiger partial charge on any atom is -0.298 e. The molecule has 0 aromatic rings. The summed E-state index contributed by atoms with van der Waals surface area (Å²) >= 11 is 1.14. The number of hydrogen-bond acceptors (Lipinski definition) is 3. The number of thioether (sulfide) groups is 1. The van der Waals surface area contributed by atoms with Crippen molar-refractivity contribution in [1.82, 2.24) is 0 Å². The zero-order valence-corrected chi connectivity index (χ0v) is 5.33. The van der Waals surface area contributed by atoms with Gasteiger partial charge in [0.1, 0.15) is 0 Å². The Morgan fingerprint density at radius 2 is 2.25 bits per heavy atom. The van der Waals surface area contributed by atoms with E-state index in [-0.39, 0.29) is 22.6 Å². The number of carbonyl (C=O) groups excluding carboxylic acids is 2. The van der Waals surface area contributed by atoms with E-state index in [4.69, 9.17) is 0 Å². The van der Waals surface area contributed by atoms with Gasteiger partial charge in [-0.15, -0.1) is 0 Å². The Kier molecular flexibility index (Phi) is 1.38. The standard InChI is InChI=1S/C5H6O2S/c1-3-4(6)2-5(7)8-3/h3H,2H2,1H3. The molecule has 0 aromatic carbocycles. The van der Waals surface area contributed by atoms with E-state index in [9.17, 15) is 9.59 Å². The van der Waals surface area contributed by atoms with E-state index in [0.29, 0.717) is 0 Å². The second-order valence-corrected chi connectivity index (χ2v) is 3.17. The molecule has 1 unspecified atom stereocenters. The highest BCUT2D eigenvalue weighted by Gasteiger charge is 2.27. The molecule has 3 heteroatoms. The highest BCUT2D eigenvalue weighted by atomic mass is 32.2. The zero-order chi connectivity index (χ0) is 6.15. The van der Waals surface area contributed by atoms with Gasteiger partial charge in [-0.25, -0.2) is 0 Å². The Morgan fingerprint density at radius 3 is 2.38 bits per heavy atom. The van der Waals surface area contributed by atoms with Crippen molar-refractivity contribution in [2.24, 2.45) is 0 Å². The Morgan fingerprint density at radius 1 is 1.62 bits per heavy atom. The fraction of sp³-hybridized carbons (Fsp3) is 0.600. The van der Waals surface area contributed by atoms with Crippen LogP contribution in [-0.2, 0) is 9.59 Å². The van der Waals surface area contributed by atoms with Gasteiger partial charge in [0.25, 0.3) is 0 Å². The third-order valence-electron chi connectivity index (χ3n) is 1.08. The molecule has 0 aliphatic carbocycles. The van der Waals surface area contributed by atoms with Crippen LogP contribution < -0.4 is 0 Å². The van der Waals surface area contributed by atoms with Crippen molar-refractivity contribution in [1.29, 1.82) is 0 Å². The van der Waals surface area contributed by atoms with E-state index >= 15 is 0 Å². The largest absolute Gasteiger partial charge is 0.298 e. The minimum atomic E-state index is -0.0810. The molecule has 1 saturated heterocycles. The van der Waals surface area contributed by atoms with Gasteiger partial charge in [0.2, 0.25) is 0 Å². The number of carbonyl (C=O) groups is 2. The summed E-state index contributed by atoms with van der Waals surface area (Å²) in [6.45, 7) is 1.76. The molecule has 1 rings (SSSR count). The fourth-order valence-electron chi connectivity index (χ4n) is 0.591. The van der Waals surface area contributed by atoms with Crippen molar-refractivity contribution < 1.29 is 9.59 Å². The molecule has 1 heterocycles. The zero-order valence-electron chi connectivity index (χ0n) is 4.51. The Bertz CT molecular complexity index is 141. The first-order valence-electron chi connectivity index (χ1n) is 2.42. The fourth-order valence-corrected chi connectivity index (χ4v) is 1.43. The van der Waals surface area contributed by atoms with E-state index < -0.39 is 0 Å². The first-order valence-corrected chi connectivity index (χ1v) is 3.30. The molecule has 1 aliphatic rings. The van der Waals surface area contributed by atoms with Crippen molar-refractivity contribution in [3.8, 4) is 0 Å². The lowest BCUT2D eigenvalue weighted by Gasteiger charge is -1.89. The second kappa shape index (κ2) is 1.90. The molecule has 0 saturated carbocycles. The van der Waals surface area contributed by atoms with Gasteiger partial charge in [-0.3, -0.25) is 9.59 Å². The molecule has 0 N–H and O–H groups in total. The summed E-state index contributed by atoms with van der Waals surface area (Å²) in [6.07, 6.45) is 0.145. The second-order valence-electron chi connectivity index (χ2n) is 1.78. The normalized spacial score (nSPS) is 29.4. The van der Waals surface area contributed by atoms with Gasteiger partial charge in [0.15, 0.2) is 10.9 Å². The van der Waals surface area contributed by atoms with Gasteiger partial charge in [0, 0.05) is 0 Å². The van der Waals surface area contributed by atoms with Crippen molar-refractivity contribution in [2.75, 3.05) is 0 Å². The number of Topliss-reactive ketones (excluding diaryl/α,β-unsaturated/α-hetero) is 1. The number of ketones is 1. The van der Waals surface area contributed by atoms with Gasteiger partial charge in [0.05, 0.1) is 11.7 Å². The van der Waals surface area contributed by atoms with Gasteiger partial charge >= 0.3 is 0 Å². The van der Waals surface area contributed by atoms with Crippen LogP contribution in [0.2, 0.25) is 0 Å². The van der Waals surface area contributed by atoms with Crippen LogP contribution in [0.1, 0.15) is 13.3 Å². The summed E-state index contributed by atoms with van der Waals surface area (Å²) in [5.74, 6) is 0.0694. The third kappa shape index (κ3) is 0.916. The lowest BCUT2D eigenvalue weighted by atomic mass is 10.2. The molecule has 1 atom stereocenters. The van der Waals surface area contributed by atoms with Crippen molar-refractivity contribution in [3.05, 3.63) is 0 Å². The van der Waals surface area contributed by atoms with Crippen LogP contribution in [0, 0.1) is 0 Å². The maximum Gasteiger partial charge on any atom is 0.197 e. The van der Waals surface area contributed by atoms with Crippen LogP contribution in [-0.4, -0.2) is 16.1 Å². The van der Waals surface area contributed by atoms with Crippen LogP contribution in [0.15, 0.2) is 0 Å². The topological polar surface area (TPSA) is 34.1 Å². The van der Waals surface area contributed by atoms with Gasteiger partial charge < -0.3 is 0 Å². The maximum absolute atomic E-state index is 10.5. The molecule has 0 bridgehead atoms. The monoisotopic (exact) mass is 130 g/mol. The average Bonchev–Trinajstić information content (AvgIpc) is 1.85. The van der Waals surface area contributed by atoms with Crippen LogP contribution in [0.5, 0.6) is 0 Å². The lowest BCUT2D eigenvalue weighted by Crippen LogP contribution is -2.03. The summed E-state index contributed by atoms with van der Waals surface area (Å²) in [5, 5.41) is -0.0648. The van der Waals surface area contributed by atoms with E-state index in [0.717, 1.165) is 11.8 Å². The molecular formula is C5H6O2S. The third-order valence-corrected chi connectivity index (χ3v) is 2.10. The van der Waals surface area contributed by atoms with Gasteiger partial charge in [-0.05, 0) is 6.92 Å². The summed E-state index contributed by atoms with van der Waals surface area (Å²) in [5.41, 5.74) is 0. The molecule has 0 radical (unpaired) electrons. The molecule has 0 aromatic heterocycles. The first kappa shape index (κ1) is 5.82. The Balaban J connectivity index is 2.64. The predicted molar refractivity (Wildman–Crippen MR) is 31.7 cm³/mol. The van der Waals surface area contributed by atoms with Crippen LogP contribution in [0.25, 0.3) is 0 Å². The highest BCUT2D eigenvalue weighted by molar-refractivity contribution is 8.15. The predicted octanol–water partition coefficient (Wildman–Crippen LogP) is 0.607. The Hall–Kier alpha value is -0.310. The quantitative estimate of drug-likeness (QED) is 0.450. The van der Waals surface area contributed by atoms with Gasteiger partial charge in [-0.1, -0.05) is 11.8 Å². The molecular weight excluding hydrogens is 124 g/mol. The summed E-state index contributed by atoms with van der Waals surface area (Å²) in [6, 6.07) is 0. The van der Waals surface area contributed by atoms with E-state index in [1.165, 1.54) is 0 Å². The van der Waals surface area contributed by atoms with Crippen LogP contribution in [0.4, 0.5) is 0 Å². The number of rotatable bonds is 0. The molecule has 2 nitrogen and oxygen atoms in total. The Labute approximate surface area is 51.6 Å². The smallest absolute Gasteiger partial charge is 0.197 e. The summed E-state index contributed by atoms with van der Waals surface area (Å²) < 4.78 is 0. The van der Waals surface area contributed by atoms with Crippen molar-refractivity contribution >= 4 is 22.7 Å². The van der Waals surface area contributed by atoms with Gasteiger partial charge in [-0.2, -0.15) is 0 Å². The first-order chi connectivity index (χ1) is 3.70. The van der Waals surface area contributed by atoms with E-state index in [1.807, 2.05) is 0 Å². The summed E-state index contributed by atoms with van der Waals surface area (Å²) in [7, 11) is 0. The summed E-state index contributed by atoms with van der Waals surface area (Å²) in [4.78, 5) is 20.9. The lowest BCUT2D eigenvalue weighted by molar-refractivity contribution is -0.121. The molecule has 44 valence electrons. The van der Waals surface area contributed by atoms with E-state index in [2.05, 4.69) is 0 Å². The molecule has 1 aliphatic heterocycles. The maximum atomic E-state index is 10.5. The van der Waals surface area contributed by atoms with E-state index in [1.54, 1.807) is 6.92 Å². The van der Waals surface area contributed by atoms with Crippen LogP contribution in [0.3, 0.4) is 0 Å². The highest BCUT2D eigenvalue weighted by Crippen LogP contribution is 2.23. The average molecular weight is 130 g/mol. The van der Waals surface area contributed by atoms with Crippen molar-refractivity contribution in [2.45, 2.75) is 18.6 Å². The molecule has 0 spiro atoms. The number of hydrogen-bond donors (Lipinski definition) is 0. The van der Waals surface area contributed by atoms with Crippen LogP contribution >= 0.6 is 11.8 Å². The molecule has 8 heavy (non-hydrogen) atoms.